The van der Waals surface area contributed by atoms with Crippen LogP contribution >= 0.6 is 0 Å². The highest BCUT2D eigenvalue weighted by Gasteiger charge is 2.22. The van der Waals surface area contributed by atoms with E-state index in [0.29, 0.717) is 13.0 Å². The molecule has 1 rings (SSSR count). The third-order valence-electron chi connectivity index (χ3n) is 2.67. The van der Waals surface area contributed by atoms with Gasteiger partial charge in [-0.3, -0.25) is 0 Å². The van der Waals surface area contributed by atoms with Crippen LogP contribution in [0.1, 0.15) is 25.8 Å². The summed E-state index contributed by atoms with van der Waals surface area (Å²) >= 11 is 0. The molecule has 1 aromatic carbocycles. The molecular formula is C13H19F2NO. The van der Waals surface area contributed by atoms with Gasteiger partial charge in [0.05, 0.1) is 5.60 Å². The van der Waals surface area contributed by atoms with Crippen molar-refractivity contribution in [2.24, 2.45) is 0 Å². The van der Waals surface area contributed by atoms with E-state index in [0.717, 1.165) is 24.7 Å². The molecule has 0 radical (unpaired) electrons. The monoisotopic (exact) mass is 243 g/mol. The molecule has 0 fully saturated rings. The Balaban J connectivity index is 2.65. The average Bonchev–Trinajstić information content (AvgIpc) is 2.23. The van der Waals surface area contributed by atoms with Crippen LogP contribution in [-0.4, -0.2) is 23.8 Å². The molecule has 0 amide bonds. The van der Waals surface area contributed by atoms with E-state index in [9.17, 15) is 13.9 Å². The first-order valence-corrected chi connectivity index (χ1v) is 5.81. The molecule has 0 bridgehead atoms. The lowest BCUT2D eigenvalue weighted by molar-refractivity contribution is 0.0508. The summed E-state index contributed by atoms with van der Waals surface area (Å²) < 4.78 is 26.4. The van der Waals surface area contributed by atoms with Gasteiger partial charge >= 0.3 is 0 Å². The van der Waals surface area contributed by atoms with Gasteiger partial charge in [-0.15, -0.1) is 0 Å². The first-order chi connectivity index (χ1) is 7.94. The highest BCUT2D eigenvalue weighted by Crippen LogP contribution is 2.19. The SMILES string of the molecule is CCNCCC(C)(O)Cc1cc(F)ccc1F. The largest absolute Gasteiger partial charge is 0.390 e. The zero-order valence-electron chi connectivity index (χ0n) is 10.3. The summed E-state index contributed by atoms with van der Waals surface area (Å²) in [6, 6.07) is 3.30. The van der Waals surface area contributed by atoms with Gasteiger partial charge < -0.3 is 10.4 Å². The maximum atomic E-state index is 13.4. The van der Waals surface area contributed by atoms with Crippen LogP contribution < -0.4 is 5.32 Å². The predicted molar refractivity (Wildman–Crippen MR) is 63.8 cm³/mol. The van der Waals surface area contributed by atoms with Crippen LogP contribution in [0, 0.1) is 11.6 Å². The summed E-state index contributed by atoms with van der Waals surface area (Å²) in [5.74, 6) is -0.959. The molecule has 0 saturated carbocycles. The van der Waals surface area contributed by atoms with Crippen LogP contribution in [0.2, 0.25) is 0 Å². The minimum Gasteiger partial charge on any atom is -0.390 e. The lowest BCUT2D eigenvalue weighted by atomic mass is 9.93. The Bertz CT molecular complexity index is 366. The van der Waals surface area contributed by atoms with Crippen molar-refractivity contribution in [3.05, 3.63) is 35.4 Å². The second kappa shape index (κ2) is 6.07. The van der Waals surface area contributed by atoms with Gasteiger partial charge in [0.2, 0.25) is 0 Å². The molecule has 4 heteroatoms. The molecule has 0 aliphatic rings. The molecule has 1 unspecified atom stereocenters. The van der Waals surface area contributed by atoms with Crippen molar-refractivity contribution in [3.63, 3.8) is 0 Å². The maximum absolute atomic E-state index is 13.4. The minimum atomic E-state index is -1.03. The first-order valence-electron chi connectivity index (χ1n) is 5.81. The number of halogens is 2. The molecule has 1 atom stereocenters. The summed E-state index contributed by atoms with van der Waals surface area (Å²) in [5.41, 5.74) is -0.817. The smallest absolute Gasteiger partial charge is 0.126 e. The van der Waals surface area contributed by atoms with E-state index in [1.165, 1.54) is 0 Å². The van der Waals surface area contributed by atoms with Crippen LogP contribution in [-0.2, 0) is 6.42 Å². The molecule has 96 valence electrons. The molecule has 0 aliphatic heterocycles. The third-order valence-corrected chi connectivity index (χ3v) is 2.67. The molecule has 1 aromatic rings. The highest BCUT2D eigenvalue weighted by atomic mass is 19.1. The first kappa shape index (κ1) is 14.1. The zero-order valence-corrected chi connectivity index (χ0v) is 10.3. The number of aliphatic hydroxyl groups is 1. The standard InChI is InChI=1S/C13H19F2NO/c1-3-16-7-6-13(2,17)9-10-8-11(14)4-5-12(10)15/h4-5,8,16-17H,3,6-7,9H2,1-2H3. The molecule has 17 heavy (non-hydrogen) atoms. The van der Waals surface area contributed by atoms with Crippen LogP contribution in [0.15, 0.2) is 18.2 Å². The lowest BCUT2D eigenvalue weighted by Gasteiger charge is -2.23. The Kier molecular flexibility index (Phi) is 5.02. The predicted octanol–water partition coefficient (Wildman–Crippen LogP) is 2.26. The number of hydrogen-bond acceptors (Lipinski definition) is 2. The molecule has 0 aliphatic carbocycles. The molecule has 2 nitrogen and oxygen atoms in total. The Morgan fingerprint density at radius 2 is 2.06 bits per heavy atom. The van der Waals surface area contributed by atoms with Gasteiger partial charge in [-0.05, 0) is 50.2 Å². The molecule has 2 N–H and O–H groups in total. The normalized spacial score (nSPS) is 14.6. The number of nitrogens with one attached hydrogen (secondary N) is 1. The van der Waals surface area contributed by atoms with E-state index in [-0.39, 0.29) is 12.0 Å². The van der Waals surface area contributed by atoms with E-state index in [1.807, 2.05) is 6.92 Å². The Morgan fingerprint density at radius 1 is 1.35 bits per heavy atom. The fourth-order valence-electron chi connectivity index (χ4n) is 1.71. The molecule has 0 saturated heterocycles. The van der Waals surface area contributed by atoms with E-state index in [4.69, 9.17) is 0 Å². The van der Waals surface area contributed by atoms with E-state index in [2.05, 4.69) is 5.32 Å². The van der Waals surface area contributed by atoms with Crippen LogP contribution in [0.5, 0.6) is 0 Å². The number of hydrogen-bond donors (Lipinski definition) is 2. The topological polar surface area (TPSA) is 32.3 Å². The van der Waals surface area contributed by atoms with Gasteiger partial charge in [0.1, 0.15) is 11.6 Å². The second-order valence-electron chi connectivity index (χ2n) is 4.51. The van der Waals surface area contributed by atoms with Gasteiger partial charge in [0.15, 0.2) is 0 Å². The fourth-order valence-corrected chi connectivity index (χ4v) is 1.71. The van der Waals surface area contributed by atoms with E-state index >= 15 is 0 Å². The fraction of sp³-hybridized carbons (Fsp3) is 0.538. The summed E-state index contributed by atoms with van der Waals surface area (Å²) in [6.07, 6.45) is 0.610. The van der Waals surface area contributed by atoms with Crippen molar-refractivity contribution in [1.29, 1.82) is 0 Å². The summed E-state index contributed by atoms with van der Waals surface area (Å²) in [5, 5.41) is 13.2. The molecule has 0 heterocycles. The molecular weight excluding hydrogens is 224 g/mol. The summed E-state index contributed by atoms with van der Waals surface area (Å²) in [4.78, 5) is 0. The van der Waals surface area contributed by atoms with Crippen LogP contribution in [0.4, 0.5) is 8.78 Å². The number of rotatable bonds is 6. The van der Waals surface area contributed by atoms with Crippen molar-refractivity contribution >= 4 is 0 Å². The van der Waals surface area contributed by atoms with Gasteiger partial charge in [0.25, 0.3) is 0 Å². The average molecular weight is 243 g/mol. The van der Waals surface area contributed by atoms with Crippen molar-refractivity contribution in [2.45, 2.75) is 32.3 Å². The van der Waals surface area contributed by atoms with Crippen molar-refractivity contribution in [3.8, 4) is 0 Å². The quantitative estimate of drug-likeness (QED) is 0.751. The molecule has 0 aromatic heterocycles. The summed E-state index contributed by atoms with van der Waals surface area (Å²) in [6.45, 7) is 5.08. The van der Waals surface area contributed by atoms with Crippen molar-refractivity contribution < 1.29 is 13.9 Å². The molecule has 0 spiro atoms. The minimum absolute atomic E-state index is 0.113. The lowest BCUT2D eigenvalue weighted by Crippen LogP contribution is -2.32. The van der Waals surface area contributed by atoms with Gasteiger partial charge in [-0.1, -0.05) is 6.92 Å². The Labute approximate surface area is 101 Å². The third kappa shape index (κ3) is 4.79. The highest BCUT2D eigenvalue weighted by molar-refractivity contribution is 5.20. The van der Waals surface area contributed by atoms with Crippen molar-refractivity contribution in [1.82, 2.24) is 5.32 Å². The van der Waals surface area contributed by atoms with Crippen LogP contribution in [0.25, 0.3) is 0 Å². The van der Waals surface area contributed by atoms with Gasteiger partial charge in [0, 0.05) is 6.42 Å². The van der Waals surface area contributed by atoms with E-state index < -0.39 is 17.2 Å². The maximum Gasteiger partial charge on any atom is 0.126 e. The number of benzene rings is 1. The van der Waals surface area contributed by atoms with Gasteiger partial charge in [-0.2, -0.15) is 0 Å². The Hall–Kier alpha value is -1.00. The second-order valence-corrected chi connectivity index (χ2v) is 4.51. The Morgan fingerprint density at radius 3 is 2.71 bits per heavy atom. The van der Waals surface area contributed by atoms with Crippen molar-refractivity contribution in [2.75, 3.05) is 13.1 Å². The van der Waals surface area contributed by atoms with E-state index in [1.54, 1.807) is 6.92 Å². The van der Waals surface area contributed by atoms with Crippen LogP contribution in [0.3, 0.4) is 0 Å². The summed E-state index contributed by atoms with van der Waals surface area (Å²) in [7, 11) is 0. The zero-order chi connectivity index (χ0) is 12.9. The van der Waals surface area contributed by atoms with Gasteiger partial charge in [-0.25, -0.2) is 8.78 Å².